The van der Waals surface area contributed by atoms with Gasteiger partial charge in [0.2, 0.25) is 5.91 Å². The second kappa shape index (κ2) is 11.1. The second-order valence-corrected chi connectivity index (χ2v) is 5.19. The lowest BCUT2D eigenvalue weighted by Gasteiger charge is -2.23. The Hall–Kier alpha value is -1.54. The Kier molecular flexibility index (Phi) is 9.48. The minimum atomic E-state index is -0.0685. The van der Waals surface area contributed by atoms with Gasteiger partial charge in [0.15, 0.2) is 11.5 Å². The van der Waals surface area contributed by atoms with Crippen molar-refractivity contribution in [2.45, 2.75) is 12.5 Å². The summed E-state index contributed by atoms with van der Waals surface area (Å²) in [5, 5.41) is 6.13. The highest BCUT2D eigenvalue weighted by molar-refractivity contribution is 5.91. The Morgan fingerprint density at radius 3 is 2.83 bits per heavy atom. The van der Waals surface area contributed by atoms with Crippen molar-refractivity contribution in [3.63, 3.8) is 0 Å². The number of nitrogens with one attached hydrogen (secondary N) is 2. The third kappa shape index (κ3) is 6.52. The van der Waals surface area contributed by atoms with Crippen molar-refractivity contribution in [3.8, 4) is 11.5 Å². The Labute approximate surface area is 148 Å². The standard InChI is InChI=1S/C16H24N2O5.ClH/c1-20-7-8-23-15-9-12(3-4-14(15)21-2)18-16(19)10-13-11-22-6-5-17-13;/h3-4,9,13,17H,5-8,10-11H2,1-2H3,(H,18,19);1H. The van der Waals surface area contributed by atoms with Crippen molar-refractivity contribution < 1.29 is 23.7 Å². The number of hydrogen-bond acceptors (Lipinski definition) is 6. The van der Waals surface area contributed by atoms with Crippen LogP contribution >= 0.6 is 12.4 Å². The van der Waals surface area contributed by atoms with Crippen LogP contribution in [-0.4, -0.2) is 59.1 Å². The Morgan fingerprint density at radius 1 is 1.33 bits per heavy atom. The number of methoxy groups -OCH3 is 2. The number of ether oxygens (including phenoxy) is 4. The van der Waals surface area contributed by atoms with Gasteiger partial charge in [-0.3, -0.25) is 4.79 Å². The van der Waals surface area contributed by atoms with E-state index in [0.717, 1.165) is 6.54 Å². The lowest BCUT2D eigenvalue weighted by Crippen LogP contribution is -2.43. The van der Waals surface area contributed by atoms with E-state index >= 15 is 0 Å². The third-order valence-corrected chi connectivity index (χ3v) is 3.42. The second-order valence-electron chi connectivity index (χ2n) is 5.19. The maximum atomic E-state index is 12.1. The normalized spacial score (nSPS) is 16.8. The molecule has 0 spiro atoms. The molecule has 0 aliphatic carbocycles. The van der Waals surface area contributed by atoms with Crippen LogP contribution in [0.5, 0.6) is 11.5 Å². The summed E-state index contributed by atoms with van der Waals surface area (Å²) in [5.74, 6) is 1.11. The van der Waals surface area contributed by atoms with Crippen LogP contribution < -0.4 is 20.1 Å². The van der Waals surface area contributed by atoms with E-state index in [-0.39, 0.29) is 24.4 Å². The van der Waals surface area contributed by atoms with E-state index in [9.17, 15) is 4.79 Å². The van der Waals surface area contributed by atoms with Crippen LogP contribution in [0.1, 0.15) is 6.42 Å². The average Bonchev–Trinajstić information content (AvgIpc) is 2.56. The molecule has 1 saturated heterocycles. The predicted molar refractivity (Wildman–Crippen MR) is 93.5 cm³/mol. The highest BCUT2D eigenvalue weighted by Crippen LogP contribution is 2.30. The van der Waals surface area contributed by atoms with Crippen molar-refractivity contribution in [3.05, 3.63) is 18.2 Å². The third-order valence-electron chi connectivity index (χ3n) is 3.42. The molecule has 7 nitrogen and oxygen atoms in total. The Bertz CT molecular complexity index is 509. The van der Waals surface area contributed by atoms with Gasteiger partial charge in [0.1, 0.15) is 6.61 Å². The molecule has 0 radical (unpaired) electrons. The number of benzene rings is 1. The molecular formula is C16H25ClN2O5. The molecule has 0 saturated carbocycles. The van der Waals surface area contributed by atoms with Gasteiger partial charge in [-0.15, -0.1) is 12.4 Å². The molecule has 1 unspecified atom stereocenters. The van der Waals surface area contributed by atoms with Gasteiger partial charge in [-0.05, 0) is 12.1 Å². The molecule has 1 aliphatic heterocycles. The number of hydrogen-bond donors (Lipinski definition) is 2. The fourth-order valence-corrected chi connectivity index (χ4v) is 2.29. The van der Waals surface area contributed by atoms with Gasteiger partial charge in [0, 0.05) is 37.9 Å². The zero-order chi connectivity index (χ0) is 16.5. The SMILES string of the molecule is COCCOc1cc(NC(=O)CC2COCCN2)ccc1OC.Cl. The molecule has 24 heavy (non-hydrogen) atoms. The molecule has 0 bridgehead atoms. The van der Waals surface area contributed by atoms with Gasteiger partial charge < -0.3 is 29.6 Å². The van der Waals surface area contributed by atoms with Crippen LogP contribution in [-0.2, 0) is 14.3 Å². The zero-order valence-corrected chi connectivity index (χ0v) is 14.8. The van der Waals surface area contributed by atoms with Crippen molar-refractivity contribution in [2.75, 3.05) is 52.5 Å². The van der Waals surface area contributed by atoms with Crippen molar-refractivity contribution >= 4 is 24.0 Å². The lowest BCUT2D eigenvalue weighted by atomic mass is 10.2. The number of amides is 1. The number of rotatable bonds is 8. The number of carbonyl (C=O) groups excluding carboxylic acids is 1. The maximum Gasteiger partial charge on any atom is 0.226 e. The van der Waals surface area contributed by atoms with Crippen molar-refractivity contribution in [1.29, 1.82) is 0 Å². The maximum absolute atomic E-state index is 12.1. The van der Waals surface area contributed by atoms with E-state index in [0.29, 0.717) is 50.0 Å². The lowest BCUT2D eigenvalue weighted by molar-refractivity contribution is -0.117. The van der Waals surface area contributed by atoms with Crippen LogP contribution in [0.3, 0.4) is 0 Å². The van der Waals surface area contributed by atoms with Gasteiger partial charge in [0.25, 0.3) is 0 Å². The van der Waals surface area contributed by atoms with E-state index in [2.05, 4.69) is 10.6 Å². The first-order valence-corrected chi connectivity index (χ1v) is 7.63. The van der Waals surface area contributed by atoms with Gasteiger partial charge in [-0.1, -0.05) is 0 Å². The number of morpholine rings is 1. The minimum Gasteiger partial charge on any atom is -0.493 e. The first-order valence-electron chi connectivity index (χ1n) is 7.63. The van der Waals surface area contributed by atoms with Crippen molar-refractivity contribution in [2.24, 2.45) is 0 Å². The summed E-state index contributed by atoms with van der Waals surface area (Å²) in [4.78, 5) is 12.1. The highest BCUT2D eigenvalue weighted by Gasteiger charge is 2.17. The van der Waals surface area contributed by atoms with E-state index in [4.69, 9.17) is 18.9 Å². The molecule has 1 atom stereocenters. The molecule has 0 aromatic heterocycles. The quantitative estimate of drug-likeness (QED) is 0.683. The minimum absolute atomic E-state index is 0. The van der Waals surface area contributed by atoms with E-state index in [1.54, 1.807) is 32.4 Å². The van der Waals surface area contributed by atoms with E-state index in [1.165, 1.54) is 0 Å². The molecule has 2 N–H and O–H groups in total. The summed E-state index contributed by atoms with van der Waals surface area (Å²) in [6.45, 7) is 2.92. The fourth-order valence-electron chi connectivity index (χ4n) is 2.29. The van der Waals surface area contributed by atoms with Gasteiger partial charge >= 0.3 is 0 Å². The molecule has 1 fully saturated rings. The van der Waals surface area contributed by atoms with Crippen molar-refractivity contribution in [1.82, 2.24) is 5.32 Å². The molecule has 1 aromatic rings. The first kappa shape index (κ1) is 20.5. The fraction of sp³-hybridized carbons (Fsp3) is 0.562. The van der Waals surface area contributed by atoms with Crippen LogP contribution in [0.15, 0.2) is 18.2 Å². The summed E-state index contributed by atoms with van der Waals surface area (Å²) in [6.07, 6.45) is 0.367. The molecule has 1 amide bonds. The number of halogens is 1. The van der Waals surface area contributed by atoms with Crippen LogP contribution in [0.2, 0.25) is 0 Å². The van der Waals surface area contributed by atoms with Gasteiger partial charge in [-0.2, -0.15) is 0 Å². The van der Waals surface area contributed by atoms with Gasteiger partial charge in [0.05, 0.1) is 26.9 Å². The van der Waals surface area contributed by atoms with Crippen LogP contribution in [0.25, 0.3) is 0 Å². The summed E-state index contributed by atoms with van der Waals surface area (Å²) in [7, 11) is 3.19. The smallest absolute Gasteiger partial charge is 0.226 e. The summed E-state index contributed by atoms with van der Waals surface area (Å²) < 4.78 is 21.2. The average molecular weight is 361 g/mol. The first-order chi connectivity index (χ1) is 11.2. The highest BCUT2D eigenvalue weighted by atomic mass is 35.5. The summed E-state index contributed by atoms with van der Waals surface area (Å²) >= 11 is 0. The molecule has 1 aliphatic rings. The summed E-state index contributed by atoms with van der Waals surface area (Å²) in [6, 6.07) is 5.35. The molecule has 136 valence electrons. The molecule has 1 aromatic carbocycles. The topological polar surface area (TPSA) is 78.1 Å². The Balaban J connectivity index is 0.00000288. The largest absolute Gasteiger partial charge is 0.493 e. The molecule has 2 rings (SSSR count). The Morgan fingerprint density at radius 2 is 2.17 bits per heavy atom. The number of carbonyl (C=O) groups is 1. The van der Waals surface area contributed by atoms with Gasteiger partial charge in [-0.25, -0.2) is 0 Å². The zero-order valence-electron chi connectivity index (χ0n) is 14.0. The predicted octanol–water partition coefficient (Wildman–Crippen LogP) is 1.46. The van der Waals surface area contributed by atoms with Crippen LogP contribution in [0, 0.1) is 0 Å². The monoisotopic (exact) mass is 360 g/mol. The molecular weight excluding hydrogens is 336 g/mol. The number of anilines is 1. The van der Waals surface area contributed by atoms with Crippen LogP contribution in [0.4, 0.5) is 5.69 Å². The molecule has 1 heterocycles. The van der Waals surface area contributed by atoms with E-state index in [1.807, 2.05) is 0 Å². The summed E-state index contributed by atoms with van der Waals surface area (Å²) in [5.41, 5.74) is 0.667. The molecule has 8 heteroatoms. The van der Waals surface area contributed by atoms with E-state index < -0.39 is 0 Å².